The van der Waals surface area contributed by atoms with Crippen LogP contribution in [0.2, 0.25) is 5.02 Å². The Bertz CT molecular complexity index is 732. The summed E-state index contributed by atoms with van der Waals surface area (Å²) in [5.74, 6) is 2.09. The van der Waals surface area contributed by atoms with Crippen LogP contribution in [-0.4, -0.2) is 47.0 Å². The summed E-state index contributed by atoms with van der Waals surface area (Å²) in [4.78, 5) is 13.9. The molecule has 0 aliphatic heterocycles. The van der Waals surface area contributed by atoms with E-state index in [1.807, 2.05) is 0 Å². The number of carbonyl (C=O) groups is 1. The molecule has 1 fully saturated rings. The maximum Gasteiger partial charge on any atom is 0.277 e. The molecule has 0 saturated heterocycles. The van der Waals surface area contributed by atoms with Crippen molar-refractivity contribution in [3.63, 3.8) is 0 Å². The number of rotatable bonds is 8. The maximum absolute atomic E-state index is 12.3. The molecule has 2 aromatic rings. The Hall–Kier alpha value is -1.73. The molecule has 1 amide bonds. The molecular weight excluding hydrogens is 386 g/mol. The van der Waals surface area contributed by atoms with Gasteiger partial charge in [-0.1, -0.05) is 42.6 Å². The van der Waals surface area contributed by atoms with Gasteiger partial charge in [0.25, 0.3) is 5.22 Å². The molecule has 27 heavy (non-hydrogen) atoms. The van der Waals surface area contributed by atoms with Crippen molar-refractivity contribution in [2.75, 3.05) is 26.0 Å². The van der Waals surface area contributed by atoms with Crippen molar-refractivity contribution in [1.29, 1.82) is 0 Å². The minimum atomic E-state index is -0.00266. The number of nitrogens with zero attached hydrogens (tertiary/aromatic N) is 3. The average Bonchev–Trinajstić information content (AvgIpc) is 3.17. The van der Waals surface area contributed by atoms with Crippen LogP contribution in [0.1, 0.15) is 43.9 Å². The van der Waals surface area contributed by atoms with Crippen LogP contribution in [0.4, 0.5) is 0 Å². The Morgan fingerprint density at radius 3 is 2.74 bits per heavy atom. The van der Waals surface area contributed by atoms with E-state index in [1.165, 1.54) is 31.0 Å². The van der Waals surface area contributed by atoms with E-state index in [9.17, 15) is 4.79 Å². The van der Waals surface area contributed by atoms with Crippen LogP contribution < -0.4 is 4.74 Å². The molecule has 146 valence electrons. The lowest BCUT2D eigenvalue weighted by Crippen LogP contribution is -2.32. The molecule has 3 rings (SSSR count). The van der Waals surface area contributed by atoms with Crippen LogP contribution in [0.25, 0.3) is 0 Å². The largest absolute Gasteiger partial charge is 0.492 e. The number of aromatic nitrogens is 2. The molecule has 1 aliphatic carbocycles. The Labute approximate surface area is 168 Å². The normalized spacial score (nSPS) is 14.9. The highest BCUT2D eigenvalue weighted by molar-refractivity contribution is 7.99. The maximum atomic E-state index is 12.3. The lowest BCUT2D eigenvalue weighted by molar-refractivity contribution is -0.127. The zero-order valence-electron chi connectivity index (χ0n) is 15.4. The second-order valence-corrected chi connectivity index (χ2v) is 8.01. The van der Waals surface area contributed by atoms with Gasteiger partial charge in [-0.25, -0.2) is 0 Å². The van der Waals surface area contributed by atoms with Gasteiger partial charge in [0, 0.05) is 18.0 Å². The fraction of sp³-hybridized carbons (Fsp3) is 0.526. The third-order valence-corrected chi connectivity index (χ3v) is 5.69. The van der Waals surface area contributed by atoms with Crippen LogP contribution in [0.5, 0.6) is 5.75 Å². The fourth-order valence-corrected chi connectivity index (χ4v) is 3.82. The monoisotopic (exact) mass is 409 g/mol. The Balaban J connectivity index is 1.38. The third-order valence-electron chi connectivity index (χ3n) is 4.63. The van der Waals surface area contributed by atoms with Crippen LogP contribution in [-0.2, 0) is 4.79 Å². The molecule has 1 aliphatic rings. The van der Waals surface area contributed by atoms with Gasteiger partial charge in [0.05, 0.1) is 12.3 Å². The Morgan fingerprint density at radius 1 is 1.26 bits per heavy atom. The van der Waals surface area contributed by atoms with Crippen molar-refractivity contribution in [2.24, 2.45) is 0 Å². The summed E-state index contributed by atoms with van der Waals surface area (Å²) in [6.07, 6.45) is 5.95. The first-order valence-electron chi connectivity index (χ1n) is 9.20. The van der Waals surface area contributed by atoms with Gasteiger partial charge in [-0.05, 0) is 37.1 Å². The number of amides is 1. The van der Waals surface area contributed by atoms with Crippen LogP contribution in [0, 0.1) is 0 Å². The first-order valence-corrected chi connectivity index (χ1v) is 10.6. The Kier molecular flexibility index (Phi) is 7.41. The molecule has 0 spiro atoms. The van der Waals surface area contributed by atoms with Gasteiger partial charge in [-0.15, -0.1) is 10.2 Å². The van der Waals surface area contributed by atoms with Gasteiger partial charge < -0.3 is 14.1 Å². The van der Waals surface area contributed by atoms with E-state index >= 15 is 0 Å². The van der Waals surface area contributed by atoms with E-state index in [4.69, 9.17) is 20.8 Å². The predicted molar refractivity (Wildman–Crippen MR) is 105 cm³/mol. The minimum Gasteiger partial charge on any atom is -0.492 e. The zero-order chi connectivity index (χ0) is 19.1. The number of thioether (sulfide) groups is 1. The van der Waals surface area contributed by atoms with E-state index in [0.29, 0.717) is 29.3 Å². The lowest BCUT2D eigenvalue weighted by Gasteiger charge is -2.17. The first kappa shape index (κ1) is 20.0. The molecular formula is C19H24ClN3O3S. The van der Waals surface area contributed by atoms with Crippen molar-refractivity contribution in [3.8, 4) is 5.75 Å². The minimum absolute atomic E-state index is 0.00266. The van der Waals surface area contributed by atoms with Crippen molar-refractivity contribution >= 4 is 29.3 Å². The molecule has 6 nitrogen and oxygen atoms in total. The smallest absolute Gasteiger partial charge is 0.277 e. The SMILES string of the molecule is CN(CCOc1ccc(Cl)cc1)C(=O)CSc1nnc(C2CCCCC2)o1. The number of carbonyl (C=O) groups excluding carboxylic acids is 1. The summed E-state index contributed by atoms with van der Waals surface area (Å²) in [5.41, 5.74) is 0. The van der Waals surface area contributed by atoms with E-state index in [2.05, 4.69) is 10.2 Å². The number of hydrogen-bond acceptors (Lipinski definition) is 6. The third kappa shape index (κ3) is 6.14. The number of ether oxygens (including phenoxy) is 1. The molecule has 0 N–H and O–H groups in total. The van der Waals surface area contributed by atoms with E-state index in [1.54, 1.807) is 36.2 Å². The standard InChI is InChI=1S/C19H24ClN3O3S/c1-23(11-12-25-16-9-7-15(20)8-10-16)17(24)13-27-19-22-21-18(26-19)14-5-3-2-4-6-14/h7-10,14H,2-6,11-13H2,1H3. The molecule has 1 heterocycles. The summed E-state index contributed by atoms with van der Waals surface area (Å²) < 4.78 is 11.4. The molecule has 0 radical (unpaired) electrons. The molecule has 1 aromatic carbocycles. The van der Waals surface area contributed by atoms with Crippen molar-refractivity contribution < 1.29 is 13.9 Å². The Morgan fingerprint density at radius 2 is 2.00 bits per heavy atom. The first-order chi connectivity index (χ1) is 13.1. The zero-order valence-corrected chi connectivity index (χ0v) is 17.0. The summed E-state index contributed by atoms with van der Waals surface area (Å²) in [7, 11) is 1.76. The fourth-order valence-electron chi connectivity index (χ4n) is 2.98. The summed E-state index contributed by atoms with van der Waals surface area (Å²) in [6.45, 7) is 0.917. The van der Waals surface area contributed by atoms with E-state index < -0.39 is 0 Å². The molecule has 0 unspecified atom stereocenters. The number of likely N-dealkylation sites (N-methyl/N-ethyl adjacent to an activating group) is 1. The number of halogens is 1. The summed E-state index contributed by atoms with van der Waals surface area (Å²) >= 11 is 7.13. The summed E-state index contributed by atoms with van der Waals surface area (Å²) in [5, 5.41) is 9.37. The van der Waals surface area contributed by atoms with Gasteiger partial charge in [0.15, 0.2) is 0 Å². The molecule has 1 aromatic heterocycles. The van der Waals surface area contributed by atoms with Gasteiger partial charge in [0.2, 0.25) is 11.8 Å². The lowest BCUT2D eigenvalue weighted by atomic mass is 9.89. The van der Waals surface area contributed by atoms with Gasteiger partial charge in [0.1, 0.15) is 12.4 Å². The van der Waals surface area contributed by atoms with Crippen LogP contribution in [0.15, 0.2) is 33.9 Å². The molecule has 0 atom stereocenters. The second-order valence-electron chi connectivity index (χ2n) is 6.65. The van der Waals surface area contributed by atoms with Crippen LogP contribution in [0.3, 0.4) is 0 Å². The van der Waals surface area contributed by atoms with Gasteiger partial charge in [-0.2, -0.15) is 0 Å². The number of hydrogen-bond donors (Lipinski definition) is 0. The molecule has 1 saturated carbocycles. The molecule has 8 heteroatoms. The van der Waals surface area contributed by atoms with Gasteiger partial charge in [-0.3, -0.25) is 4.79 Å². The van der Waals surface area contributed by atoms with E-state index in [-0.39, 0.29) is 11.7 Å². The van der Waals surface area contributed by atoms with Crippen molar-refractivity contribution in [1.82, 2.24) is 15.1 Å². The van der Waals surface area contributed by atoms with Crippen molar-refractivity contribution in [3.05, 3.63) is 35.2 Å². The predicted octanol–water partition coefficient (Wildman–Crippen LogP) is 4.40. The highest BCUT2D eigenvalue weighted by Gasteiger charge is 2.22. The molecule has 0 bridgehead atoms. The quantitative estimate of drug-likeness (QED) is 0.602. The van der Waals surface area contributed by atoms with Gasteiger partial charge >= 0.3 is 0 Å². The highest BCUT2D eigenvalue weighted by Crippen LogP contribution is 2.32. The highest BCUT2D eigenvalue weighted by atomic mass is 35.5. The number of benzene rings is 1. The van der Waals surface area contributed by atoms with Crippen LogP contribution >= 0.6 is 23.4 Å². The van der Waals surface area contributed by atoms with Crippen molar-refractivity contribution in [2.45, 2.75) is 43.2 Å². The van der Waals surface area contributed by atoms with E-state index in [0.717, 1.165) is 24.5 Å². The average molecular weight is 410 g/mol. The second kappa shape index (κ2) is 9.99. The topological polar surface area (TPSA) is 68.5 Å². The summed E-state index contributed by atoms with van der Waals surface area (Å²) in [6, 6.07) is 7.15.